The van der Waals surface area contributed by atoms with Gasteiger partial charge < -0.3 is 15.5 Å². The number of carbonyl (C=O) groups is 2. The minimum atomic E-state index is -5.05. The topological polar surface area (TPSA) is 61.4 Å². The number of nitrogens with one attached hydrogen (secondary N) is 2. The van der Waals surface area contributed by atoms with Gasteiger partial charge in [-0.05, 0) is 55.9 Å². The lowest BCUT2D eigenvalue weighted by Gasteiger charge is -2.40. The van der Waals surface area contributed by atoms with Crippen molar-refractivity contribution >= 4 is 11.9 Å². The number of hydrogen-bond donors (Lipinski definition) is 2. The van der Waals surface area contributed by atoms with E-state index in [2.05, 4.69) is 10.6 Å². The first-order valence-electron chi connectivity index (χ1n) is 13.1. The molecule has 2 aliphatic rings. The third-order valence-corrected chi connectivity index (χ3v) is 7.40. The van der Waals surface area contributed by atoms with E-state index in [1.807, 2.05) is 18.2 Å². The summed E-state index contributed by atoms with van der Waals surface area (Å²) in [6.07, 6.45) is -4.08. The Morgan fingerprint density at radius 3 is 1.97 bits per heavy atom. The Morgan fingerprint density at radius 1 is 0.795 bits per heavy atom. The van der Waals surface area contributed by atoms with Gasteiger partial charge in [0.25, 0.3) is 5.91 Å². The fraction of sp³-hybridized carbons (Fsp3) is 0.500. The molecule has 0 bridgehead atoms. The summed E-state index contributed by atoms with van der Waals surface area (Å²) in [7, 11) is 0. The van der Waals surface area contributed by atoms with Crippen LogP contribution in [0.2, 0.25) is 0 Å². The maximum atomic E-state index is 13.4. The van der Waals surface area contributed by atoms with Gasteiger partial charge in [-0.25, -0.2) is 4.79 Å². The molecule has 212 valence electrons. The molecular formula is C28H31F6N3O2. The highest BCUT2D eigenvalue weighted by Crippen LogP contribution is 2.37. The molecule has 5 nitrogen and oxygen atoms in total. The lowest BCUT2D eigenvalue weighted by molar-refractivity contribution is -0.143. The summed E-state index contributed by atoms with van der Waals surface area (Å²) in [4.78, 5) is 27.4. The molecule has 0 spiro atoms. The number of urea groups is 1. The molecule has 0 unspecified atom stereocenters. The number of rotatable bonds is 5. The van der Waals surface area contributed by atoms with Crippen LogP contribution in [0.15, 0.2) is 48.5 Å². The second-order valence-electron chi connectivity index (χ2n) is 10.3. The van der Waals surface area contributed by atoms with Crippen molar-refractivity contribution in [3.63, 3.8) is 0 Å². The summed E-state index contributed by atoms with van der Waals surface area (Å²) in [5.74, 6) is -0.905. The third-order valence-electron chi connectivity index (χ3n) is 7.40. The second kappa shape index (κ2) is 11.9. The van der Waals surface area contributed by atoms with Gasteiger partial charge in [-0.15, -0.1) is 0 Å². The van der Waals surface area contributed by atoms with Gasteiger partial charge >= 0.3 is 18.4 Å². The fourth-order valence-corrected chi connectivity index (χ4v) is 5.43. The van der Waals surface area contributed by atoms with Crippen LogP contribution in [0.5, 0.6) is 0 Å². The molecule has 2 fully saturated rings. The van der Waals surface area contributed by atoms with E-state index in [1.165, 1.54) is 4.90 Å². The Balaban J connectivity index is 1.55. The Kier molecular flexibility index (Phi) is 8.76. The maximum absolute atomic E-state index is 13.4. The first kappa shape index (κ1) is 28.8. The number of alkyl halides is 6. The van der Waals surface area contributed by atoms with E-state index in [-0.39, 0.29) is 30.7 Å². The largest absolute Gasteiger partial charge is 0.416 e. The SMILES string of the molecule is O=C(NC1CCCCC1)N[C@H]1CCN(C(=O)c2cc(C(F)(F)F)cc(C(F)(F)F)c2)[C@H](Cc2ccccc2)C1. The summed E-state index contributed by atoms with van der Waals surface area (Å²) in [6, 6.07) is 8.99. The molecule has 2 N–H and O–H groups in total. The number of likely N-dealkylation sites (tertiary alicyclic amines) is 1. The average Bonchev–Trinajstić information content (AvgIpc) is 2.88. The van der Waals surface area contributed by atoms with E-state index in [1.54, 1.807) is 12.1 Å². The van der Waals surface area contributed by atoms with Crippen LogP contribution in [0.25, 0.3) is 0 Å². The molecular weight excluding hydrogens is 524 g/mol. The van der Waals surface area contributed by atoms with Crippen molar-refractivity contribution in [2.24, 2.45) is 0 Å². The molecule has 1 saturated carbocycles. The lowest BCUT2D eigenvalue weighted by Crippen LogP contribution is -2.55. The molecule has 2 atom stereocenters. The van der Waals surface area contributed by atoms with Crippen LogP contribution in [0.1, 0.15) is 72.0 Å². The van der Waals surface area contributed by atoms with Crippen LogP contribution < -0.4 is 10.6 Å². The van der Waals surface area contributed by atoms with Crippen LogP contribution in [0.4, 0.5) is 31.1 Å². The first-order valence-corrected chi connectivity index (χ1v) is 13.1. The molecule has 1 aliphatic heterocycles. The van der Waals surface area contributed by atoms with Crippen molar-refractivity contribution in [2.45, 2.75) is 81.8 Å². The highest BCUT2D eigenvalue weighted by molar-refractivity contribution is 5.95. The minimum Gasteiger partial charge on any atom is -0.335 e. The Bertz CT molecular complexity index is 1110. The zero-order valence-electron chi connectivity index (χ0n) is 21.2. The molecule has 3 amide bonds. The van der Waals surface area contributed by atoms with Crippen molar-refractivity contribution in [2.75, 3.05) is 6.54 Å². The van der Waals surface area contributed by atoms with Gasteiger partial charge in [-0.3, -0.25) is 4.79 Å². The number of halogens is 6. The van der Waals surface area contributed by atoms with Gasteiger partial charge in [-0.2, -0.15) is 26.3 Å². The maximum Gasteiger partial charge on any atom is 0.416 e. The number of benzene rings is 2. The summed E-state index contributed by atoms with van der Waals surface area (Å²) in [6.45, 7) is 0.0717. The molecule has 39 heavy (non-hydrogen) atoms. The van der Waals surface area contributed by atoms with E-state index < -0.39 is 41.0 Å². The van der Waals surface area contributed by atoms with Crippen molar-refractivity contribution in [3.05, 3.63) is 70.8 Å². The zero-order chi connectivity index (χ0) is 28.2. The standard InChI is InChI=1S/C28H31F6N3O2/c29-27(30,31)20-14-19(15-21(16-20)28(32,33)34)25(38)37-12-11-23(17-24(37)13-18-7-3-1-4-8-18)36-26(39)35-22-9-5-2-6-10-22/h1,3-4,7-8,14-16,22-24H,2,5-6,9-13,17H2,(H2,35,36,39)/t23-,24+/m0/s1. The van der Waals surface area contributed by atoms with Crippen LogP contribution in [0.3, 0.4) is 0 Å². The van der Waals surface area contributed by atoms with Crippen LogP contribution >= 0.6 is 0 Å². The second-order valence-corrected chi connectivity index (χ2v) is 10.3. The third kappa shape index (κ3) is 7.67. The molecule has 1 aliphatic carbocycles. The van der Waals surface area contributed by atoms with Crippen molar-refractivity contribution in [1.29, 1.82) is 0 Å². The van der Waals surface area contributed by atoms with Gasteiger partial charge in [0.05, 0.1) is 11.1 Å². The normalized spacial score (nSPS) is 20.9. The summed E-state index contributed by atoms with van der Waals surface area (Å²) < 4.78 is 80.4. The number of carbonyl (C=O) groups excluding carboxylic acids is 2. The zero-order valence-corrected chi connectivity index (χ0v) is 21.2. The predicted octanol–water partition coefficient (Wildman–Crippen LogP) is 6.57. The van der Waals surface area contributed by atoms with Crippen molar-refractivity contribution < 1.29 is 35.9 Å². The van der Waals surface area contributed by atoms with Crippen LogP contribution in [0, 0.1) is 0 Å². The highest BCUT2D eigenvalue weighted by Gasteiger charge is 2.39. The minimum absolute atomic E-state index is 0.0132. The summed E-state index contributed by atoms with van der Waals surface area (Å²) in [5, 5.41) is 5.94. The van der Waals surface area contributed by atoms with Gasteiger partial charge in [0.15, 0.2) is 0 Å². The van der Waals surface area contributed by atoms with E-state index in [9.17, 15) is 35.9 Å². The average molecular weight is 556 g/mol. The molecule has 1 saturated heterocycles. The van der Waals surface area contributed by atoms with E-state index in [4.69, 9.17) is 0 Å². The molecule has 2 aromatic carbocycles. The predicted molar refractivity (Wildman–Crippen MR) is 133 cm³/mol. The molecule has 2 aromatic rings. The van der Waals surface area contributed by atoms with E-state index >= 15 is 0 Å². The molecule has 0 radical (unpaired) electrons. The monoisotopic (exact) mass is 555 g/mol. The van der Waals surface area contributed by atoms with Crippen molar-refractivity contribution in [1.82, 2.24) is 15.5 Å². The fourth-order valence-electron chi connectivity index (χ4n) is 5.43. The Hall–Kier alpha value is -3.24. The molecule has 1 heterocycles. The van der Waals surface area contributed by atoms with Gasteiger partial charge in [0, 0.05) is 30.2 Å². The van der Waals surface area contributed by atoms with Crippen LogP contribution in [-0.2, 0) is 18.8 Å². The molecule has 4 rings (SSSR count). The van der Waals surface area contributed by atoms with E-state index in [0.717, 1.165) is 37.7 Å². The van der Waals surface area contributed by atoms with Crippen LogP contribution in [-0.4, -0.2) is 41.5 Å². The Labute approximate surface area is 222 Å². The molecule has 11 heteroatoms. The van der Waals surface area contributed by atoms with Crippen molar-refractivity contribution in [3.8, 4) is 0 Å². The number of piperidine rings is 1. The first-order chi connectivity index (χ1) is 18.4. The molecule has 0 aromatic heterocycles. The van der Waals surface area contributed by atoms with E-state index in [0.29, 0.717) is 31.4 Å². The number of amides is 3. The summed E-state index contributed by atoms with van der Waals surface area (Å²) in [5.41, 5.74) is -2.88. The quantitative estimate of drug-likeness (QED) is 0.410. The lowest BCUT2D eigenvalue weighted by atomic mass is 9.91. The smallest absolute Gasteiger partial charge is 0.335 e. The number of nitrogens with zero attached hydrogens (tertiary/aromatic N) is 1. The van der Waals surface area contributed by atoms with Gasteiger partial charge in [-0.1, -0.05) is 49.6 Å². The van der Waals surface area contributed by atoms with Gasteiger partial charge in [0.1, 0.15) is 0 Å². The van der Waals surface area contributed by atoms with Gasteiger partial charge in [0.2, 0.25) is 0 Å². The summed E-state index contributed by atoms with van der Waals surface area (Å²) >= 11 is 0. The number of hydrogen-bond acceptors (Lipinski definition) is 2. The Morgan fingerprint density at radius 2 is 1.38 bits per heavy atom. The highest BCUT2D eigenvalue weighted by atomic mass is 19.4.